The van der Waals surface area contributed by atoms with E-state index in [1.165, 1.54) is 0 Å². The van der Waals surface area contributed by atoms with Gasteiger partial charge in [0.25, 0.3) is 0 Å². The van der Waals surface area contributed by atoms with Gasteiger partial charge in [-0.25, -0.2) is 4.68 Å². The lowest BCUT2D eigenvalue weighted by molar-refractivity contribution is -0.118. The Balaban J connectivity index is 2.44. The summed E-state index contributed by atoms with van der Waals surface area (Å²) < 4.78 is 7.64. The van der Waals surface area contributed by atoms with Crippen LogP contribution >= 0.6 is 0 Å². The molecule has 0 fully saturated rings. The molecule has 1 heterocycles. The Morgan fingerprint density at radius 2 is 2.20 bits per heavy atom. The molecule has 6 heteroatoms. The quantitative estimate of drug-likeness (QED) is 0.744. The zero-order valence-electron chi connectivity index (χ0n) is 12.9. The smallest absolute Gasteiger partial charge is 0.217 e. The Bertz CT molecular complexity index is 427. The van der Waals surface area contributed by atoms with Crippen LogP contribution in [-0.4, -0.2) is 33.1 Å². The third-order valence-corrected chi connectivity index (χ3v) is 2.94. The van der Waals surface area contributed by atoms with Gasteiger partial charge in [-0.15, -0.1) is 5.10 Å². The van der Waals surface area contributed by atoms with Crippen LogP contribution in [0, 0.1) is 5.92 Å². The molecule has 6 nitrogen and oxygen atoms in total. The highest BCUT2D eigenvalue weighted by molar-refractivity contribution is 5.73. The second kappa shape index (κ2) is 7.38. The number of ether oxygens (including phenoxy) is 1. The summed E-state index contributed by atoms with van der Waals surface area (Å²) in [6.45, 7) is 9.82. The van der Waals surface area contributed by atoms with E-state index >= 15 is 0 Å². The molecule has 114 valence electrons. The van der Waals surface area contributed by atoms with E-state index in [-0.39, 0.29) is 11.5 Å². The Kier molecular flexibility index (Phi) is 6.13. The molecule has 0 saturated heterocycles. The van der Waals surface area contributed by atoms with Gasteiger partial charge >= 0.3 is 0 Å². The fraction of sp³-hybridized carbons (Fsp3) is 0.786. The molecule has 1 amide bonds. The Morgan fingerprint density at radius 1 is 1.50 bits per heavy atom. The molecule has 0 radical (unpaired) electrons. The first-order valence-corrected chi connectivity index (χ1v) is 7.10. The molecule has 0 aliphatic rings. The first-order valence-electron chi connectivity index (χ1n) is 7.10. The lowest BCUT2D eigenvalue weighted by Crippen LogP contribution is -2.31. The van der Waals surface area contributed by atoms with E-state index < -0.39 is 0 Å². The Morgan fingerprint density at radius 3 is 2.80 bits per heavy atom. The number of nitrogens with zero attached hydrogens (tertiary/aromatic N) is 3. The molecule has 20 heavy (non-hydrogen) atoms. The zero-order valence-corrected chi connectivity index (χ0v) is 12.9. The van der Waals surface area contributed by atoms with Crippen molar-refractivity contribution in [2.45, 2.75) is 59.1 Å². The molecule has 0 aliphatic carbocycles. The molecule has 0 saturated carbocycles. The van der Waals surface area contributed by atoms with Crippen molar-refractivity contribution >= 4 is 5.91 Å². The molecular formula is C14H26N4O2. The molecule has 0 spiro atoms. The molecule has 0 bridgehead atoms. The predicted octanol–water partition coefficient (Wildman–Crippen LogP) is 1.54. The summed E-state index contributed by atoms with van der Waals surface area (Å²) >= 11 is 0. The normalized spacial score (nSPS) is 12.1. The lowest BCUT2D eigenvalue weighted by atomic mass is 10.1. The van der Waals surface area contributed by atoms with Gasteiger partial charge < -0.3 is 10.5 Å². The van der Waals surface area contributed by atoms with Gasteiger partial charge in [0.2, 0.25) is 5.91 Å². The van der Waals surface area contributed by atoms with Crippen LogP contribution in [0.15, 0.2) is 6.20 Å². The average molecular weight is 282 g/mol. The number of hydrogen-bond acceptors (Lipinski definition) is 4. The highest BCUT2D eigenvalue weighted by Gasteiger charge is 2.20. The number of rotatable bonds is 9. The summed E-state index contributed by atoms with van der Waals surface area (Å²) in [5, 5.41) is 8.09. The SMILES string of the molecule is CC(C)CCOC(C)(C)Cn1cc(CCC(N)=O)nn1. The monoisotopic (exact) mass is 282 g/mol. The Hall–Kier alpha value is -1.43. The van der Waals surface area contributed by atoms with Gasteiger partial charge in [0.1, 0.15) is 0 Å². The fourth-order valence-corrected chi connectivity index (χ4v) is 1.79. The summed E-state index contributed by atoms with van der Waals surface area (Å²) in [5.74, 6) is 0.314. The highest BCUT2D eigenvalue weighted by atomic mass is 16.5. The standard InChI is InChI=1S/C14H26N4O2/c1-11(2)7-8-20-14(3,4)10-18-9-12(16-17-18)5-6-13(15)19/h9,11H,5-8,10H2,1-4H3,(H2,15,19). The van der Waals surface area contributed by atoms with Crippen LogP contribution < -0.4 is 5.73 Å². The van der Waals surface area contributed by atoms with E-state index in [2.05, 4.69) is 24.2 Å². The van der Waals surface area contributed by atoms with Crippen LogP contribution in [-0.2, 0) is 22.5 Å². The molecule has 0 unspecified atom stereocenters. The van der Waals surface area contributed by atoms with Crippen LogP contribution in [0.5, 0.6) is 0 Å². The van der Waals surface area contributed by atoms with E-state index in [9.17, 15) is 4.79 Å². The summed E-state index contributed by atoms with van der Waals surface area (Å²) in [4.78, 5) is 10.7. The van der Waals surface area contributed by atoms with Crippen molar-refractivity contribution in [2.24, 2.45) is 11.7 Å². The molecule has 1 rings (SSSR count). The van der Waals surface area contributed by atoms with Crippen molar-refractivity contribution in [1.29, 1.82) is 0 Å². The predicted molar refractivity (Wildman–Crippen MR) is 77.0 cm³/mol. The first kappa shape index (κ1) is 16.6. The van der Waals surface area contributed by atoms with Crippen LogP contribution in [0.25, 0.3) is 0 Å². The highest BCUT2D eigenvalue weighted by Crippen LogP contribution is 2.14. The topological polar surface area (TPSA) is 83.0 Å². The maximum absolute atomic E-state index is 10.7. The number of hydrogen-bond donors (Lipinski definition) is 1. The second-order valence-corrected chi connectivity index (χ2v) is 6.16. The largest absolute Gasteiger partial charge is 0.374 e. The van der Waals surface area contributed by atoms with Gasteiger partial charge in [0.15, 0.2) is 0 Å². The van der Waals surface area contributed by atoms with Gasteiger partial charge in [-0.1, -0.05) is 19.1 Å². The van der Waals surface area contributed by atoms with E-state index in [1.54, 1.807) is 4.68 Å². The maximum atomic E-state index is 10.7. The van der Waals surface area contributed by atoms with Crippen molar-refractivity contribution in [2.75, 3.05) is 6.61 Å². The minimum Gasteiger partial charge on any atom is -0.374 e. The van der Waals surface area contributed by atoms with Crippen molar-refractivity contribution in [3.8, 4) is 0 Å². The first-order chi connectivity index (χ1) is 9.28. The van der Waals surface area contributed by atoms with Crippen molar-refractivity contribution in [1.82, 2.24) is 15.0 Å². The minimum absolute atomic E-state index is 0.288. The second-order valence-electron chi connectivity index (χ2n) is 6.16. The van der Waals surface area contributed by atoms with Gasteiger partial charge in [-0.05, 0) is 26.2 Å². The molecule has 1 aromatic rings. The van der Waals surface area contributed by atoms with Gasteiger partial charge in [0, 0.05) is 25.6 Å². The minimum atomic E-state index is -0.322. The summed E-state index contributed by atoms with van der Waals surface area (Å²) in [5.41, 5.74) is 5.61. The number of amides is 1. The molecule has 1 aromatic heterocycles. The third-order valence-electron chi connectivity index (χ3n) is 2.94. The summed E-state index contributed by atoms with van der Waals surface area (Å²) in [7, 11) is 0. The Labute approximate surface area is 120 Å². The molecule has 0 aliphatic heterocycles. The zero-order chi connectivity index (χ0) is 15.2. The van der Waals surface area contributed by atoms with Gasteiger partial charge in [-0.3, -0.25) is 4.79 Å². The van der Waals surface area contributed by atoms with Gasteiger partial charge in [-0.2, -0.15) is 0 Å². The van der Waals surface area contributed by atoms with Crippen molar-refractivity contribution in [3.63, 3.8) is 0 Å². The number of primary amides is 1. The third kappa shape index (κ3) is 6.65. The number of carbonyl (C=O) groups excluding carboxylic acids is 1. The van der Waals surface area contributed by atoms with Crippen LogP contribution in [0.2, 0.25) is 0 Å². The van der Waals surface area contributed by atoms with E-state index in [1.807, 2.05) is 20.0 Å². The van der Waals surface area contributed by atoms with Crippen LogP contribution in [0.4, 0.5) is 0 Å². The lowest BCUT2D eigenvalue weighted by Gasteiger charge is -2.25. The van der Waals surface area contributed by atoms with Gasteiger partial charge in [0.05, 0.1) is 17.8 Å². The fourth-order valence-electron chi connectivity index (χ4n) is 1.79. The van der Waals surface area contributed by atoms with Crippen molar-refractivity contribution < 1.29 is 9.53 Å². The molecular weight excluding hydrogens is 256 g/mol. The number of aromatic nitrogens is 3. The number of aryl methyl sites for hydroxylation is 1. The summed E-state index contributed by atoms with van der Waals surface area (Å²) in [6.07, 6.45) is 3.72. The van der Waals surface area contributed by atoms with Crippen molar-refractivity contribution in [3.05, 3.63) is 11.9 Å². The van der Waals surface area contributed by atoms with Crippen LogP contribution in [0.3, 0.4) is 0 Å². The molecule has 0 aromatic carbocycles. The number of nitrogens with two attached hydrogens (primary N) is 1. The number of carbonyl (C=O) groups is 1. The summed E-state index contributed by atoms with van der Waals surface area (Å²) in [6, 6.07) is 0. The van der Waals surface area contributed by atoms with E-state index in [4.69, 9.17) is 10.5 Å². The van der Waals surface area contributed by atoms with E-state index in [0.717, 1.165) is 18.7 Å². The van der Waals surface area contributed by atoms with E-state index in [0.29, 0.717) is 25.3 Å². The molecule has 2 N–H and O–H groups in total. The maximum Gasteiger partial charge on any atom is 0.217 e. The van der Waals surface area contributed by atoms with Crippen LogP contribution in [0.1, 0.15) is 46.2 Å². The average Bonchev–Trinajstić information content (AvgIpc) is 2.72. The molecule has 0 atom stereocenters.